The van der Waals surface area contributed by atoms with Crippen molar-refractivity contribution in [2.45, 2.75) is 6.18 Å². The molecule has 1 aromatic carbocycles. The van der Waals surface area contributed by atoms with Crippen molar-refractivity contribution in [3.63, 3.8) is 0 Å². The zero-order valence-corrected chi connectivity index (χ0v) is 12.2. The van der Waals surface area contributed by atoms with Gasteiger partial charge in [0.1, 0.15) is 10.2 Å². The second kappa shape index (κ2) is 6.69. The molecule has 0 unspecified atom stereocenters. The minimum atomic E-state index is -4.73. The number of alkyl halides is 3. The molecular formula is C12H10F4N2OS2. The summed E-state index contributed by atoms with van der Waals surface area (Å²) in [5.41, 5.74) is -1.65. The largest absolute Gasteiger partial charge is 0.418 e. The van der Waals surface area contributed by atoms with Crippen LogP contribution in [-0.2, 0) is 11.0 Å². The van der Waals surface area contributed by atoms with Gasteiger partial charge in [-0.15, -0.1) is 0 Å². The van der Waals surface area contributed by atoms with Gasteiger partial charge in [-0.05, 0) is 18.2 Å². The number of hydrogen-bond acceptors (Lipinski definition) is 4. The molecule has 0 aliphatic carbocycles. The molecule has 1 aromatic rings. The van der Waals surface area contributed by atoms with Crippen LogP contribution in [0.25, 0.3) is 0 Å². The van der Waals surface area contributed by atoms with Gasteiger partial charge in [0.2, 0.25) is 5.91 Å². The fourth-order valence-corrected chi connectivity index (χ4v) is 3.39. The second-order valence-electron chi connectivity index (χ2n) is 4.02. The molecule has 1 aliphatic rings. The van der Waals surface area contributed by atoms with E-state index in [1.807, 2.05) is 0 Å². The van der Waals surface area contributed by atoms with Gasteiger partial charge in [-0.1, -0.05) is 23.5 Å². The van der Waals surface area contributed by atoms with Gasteiger partial charge in [0, 0.05) is 5.75 Å². The van der Waals surface area contributed by atoms with Crippen LogP contribution in [0.15, 0.2) is 23.2 Å². The number of carbonyl (C=O) groups excluding carboxylic acids is 1. The Morgan fingerprint density at radius 3 is 2.81 bits per heavy atom. The van der Waals surface area contributed by atoms with Gasteiger partial charge in [-0.3, -0.25) is 9.79 Å². The summed E-state index contributed by atoms with van der Waals surface area (Å²) in [5.74, 6) is -0.792. The number of benzene rings is 1. The monoisotopic (exact) mass is 338 g/mol. The molecule has 2 rings (SSSR count). The smallest absolute Gasteiger partial charge is 0.325 e. The van der Waals surface area contributed by atoms with Crippen LogP contribution in [0.2, 0.25) is 0 Å². The number of aliphatic imine (C=N–C) groups is 1. The maximum absolute atomic E-state index is 12.9. The number of amides is 1. The number of nitrogens with zero attached hydrogens (tertiary/aromatic N) is 1. The Morgan fingerprint density at radius 1 is 1.43 bits per heavy atom. The zero-order chi connectivity index (χ0) is 15.5. The van der Waals surface area contributed by atoms with Crippen molar-refractivity contribution in [1.29, 1.82) is 0 Å². The quantitative estimate of drug-likeness (QED) is 0.856. The predicted octanol–water partition coefficient (Wildman–Crippen LogP) is 3.62. The van der Waals surface area contributed by atoms with Gasteiger partial charge in [0.25, 0.3) is 0 Å². The van der Waals surface area contributed by atoms with Crippen LogP contribution in [0.1, 0.15) is 5.56 Å². The SMILES string of the molecule is O=C(CSC1=NCCS1)Nc1ccc(F)cc1C(F)(F)F. The molecule has 0 aromatic heterocycles. The summed E-state index contributed by atoms with van der Waals surface area (Å²) < 4.78 is 52.0. The van der Waals surface area contributed by atoms with Gasteiger partial charge in [0.05, 0.1) is 23.5 Å². The van der Waals surface area contributed by atoms with Crippen molar-refractivity contribution in [1.82, 2.24) is 0 Å². The summed E-state index contributed by atoms with van der Waals surface area (Å²) in [7, 11) is 0. The molecule has 1 amide bonds. The highest BCUT2D eigenvalue weighted by Gasteiger charge is 2.34. The fraction of sp³-hybridized carbons (Fsp3) is 0.333. The van der Waals surface area contributed by atoms with E-state index < -0.39 is 29.2 Å². The Bertz CT molecular complexity index is 575. The lowest BCUT2D eigenvalue weighted by Crippen LogP contribution is -2.18. The van der Waals surface area contributed by atoms with E-state index in [0.29, 0.717) is 12.6 Å². The molecule has 1 aliphatic heterocycles. The van der Waals surface area contributed by atoms with Crippen molar-refractivity contribution in [2.75, 3.05) is 23.4 Å². The molecule has 0 radical (unpaired) electrons. The first kappa shape index (κ1) is 16.2. The number of rotatable bonds is 3. The maximum atomic E-state index is 12.9. The highest BCUT2D eigenvalue weighted by atomic mass is 32.2. The van der Waals surface area contributed by atoms with Gasteiger partial charge >= 0.3 is 6.18 Å². The summed E-state index contributed by atoms with van der Waals surface area (Å²) in [6.45, 7) is 0.685. The molecule has 114 valence electrons. The average molecular weight is 338 g/mol. The maximum Gasteiger partial charge on any atom is 0.418 e. The fourth-order valence-electron chi connectivity index (χ4n) is 1.58. The van der Waals surface area contributed by atoms with Crippen LogP contribution in [0, 0.1) is 5.82 Å². The van der Waals surface area contributed by atoms with Crippen molar-refractivity contribution in [3.8, 4) is 0 Å². The lowest BCUT2D eigenvalue weighted by Gasteiger charge is -2.13. The van der Waals surface area contributed by atoms with E-state index in [0.717, 1.165) is 22.3 Å². The van der Waals surface area contributed by atoms with Crippen LogP contribution in [0.4, 0.5) is 23.2 Å². The Hall–Kier alpha value is -1.22. The number of nitrogens with one attached hydrogen (secondary N) is 1. The van der Waals surface area contributed by atoms with Crippen LogP contribution < -0.4 is 5.32 Å². The predicted molar refractivity (Wildman–Crippen MR) is 77.2 cm³/mol. The number of hydrogen-bond donors (Lipinski definition) is 1. The molecule has 21 heavy (non-hydrogen) atoms. The van der Waals surface area contributed by atoms with E-state index in [1.54, 1.807) is 0 Å². The average Bonchev–Trinajstić information content (AvgIpc) is 2.90. The first-order valence-electron chi connectivity index (χ1n) is 5.83. The normalized spacial score (nSPS) is 15.0. The minimum Gasteiger partial charge on any atom is -0.325 e. The van der Waals surface area contributed by atoms with Gasteiger partial charge in [-0.2, -0.15) is 13.2 Å². The summed E-state index contributed by atoms with van der Waals surface area (Å²) >= 11 is 2.68. The van der Waals surface area contributed by atoms with Gasteiger partial charge in [-0.25, -0.2) is 4.39 Å². The highest BCUT2D eigenvalue weighted by Crippen LogP contribution is 2.35. The molecule has 0 fully saturated rings. The summed E-state index contributed by atoms with van der Waals surface area (Å²) in [6.07, 6.45) is -4.73. The van der Waals surface area contributed by atoms with Crippen LogP contribution in [0.3, 0.4) is 0 Å². The van der Waals surface area contributed by atoms with E-state index >= 15 is 0 Å². The molecule has 1 N–H and O–H groups in total. The lowest BCUT2D eigenvalue weighted by atomic mass is 10.1. The number of halogens is 4. The third-order valence-corrected chi connectivity index (χ3v) is 4.70. The Kier molecular flexibility index (Phi) is 5.15. The third kappa shape index (κ3) is 4.63. The standard InChI is InChI=1S/C12H10F4N2OS2/c13-7-1-2-9(8(5-7)12(14,15)16)18-10(19)6-21-11-17-3-4-20-11/h1-2,5H,3-4,6H2,(H,18,19). The number of anilines is 1. The minimum absolute atomic E-state index is 0.0412. The van der Waals surface area contributed by atoms with Gasteiger partial charge < -0.3 is 5.32 Å². The van der Waals surface area contributed by atoms with Crippen LogP contribution in [-0.4, -0.2) is 28.3 Å². The van der Waals surface area contributed by atoms with E-state index in [2.05, 4.69) is 10.3 Å². The van der Waals surface area contributed by atoms with E-state index in [-0.39, 0.29) is 5.75 Å². The van der Waals surface area contributed by atoms with Crippen molar-refractivity contribution in [3.05, 3.63) is 29.6 Å². The first-order valence-corrected chi connectivity index (χ1v) is 7.80. The topological polar surface area (TPSA) is 41.5 Å². The molecular weight excluding hydrogens is 328 g/mol. The molecule has 9 heteroatoms. The number of carbonyl (C=O) groups is 1. The molecule has 1 heterocycles. The molecule has 0 saturated heterocycles. The van der Waals surface area contributed by atoms with Crippen molar-refractivity contribution in [2.24, 2.45) is 4.99 Å². The van der Waals surface area contributed by atoms with Crippen molar-refractivity contribution >= 4 is 39.5 Å². The second-order valence-corrected chi connectivity index (χ2v) is 6.33. The molecule has 0 spiro atoms. The summed E-state index contributed by atoms with van der Waals surface area (Å²) in [4.78, 5) is 15.8. The first-order chi connectivity index (χ1) is 9.86. The van der Waals surface area contributed by atoms with Crippen LogP contribution in [0.5, 0.6) is 0 Å². The molecule has 0 atom stereocenters. The van der Waals surface area contributed by atoms with E-state index in [1.165, 1.54) is 23.5 Å². The van der Waals surface area contributed by atoms with Crippen LogP contribution >= 0.6 is 23.5 Å². The number of thioether (sulfide) groups is 2. The third-order valence-electron chi connectivity index (χ3n) is 2.45. The lowest BCUT2D eigenvalue weighted by molar-refractivity contribution is -0.137. The Morgan fingerprint density at radius 2 is 2.19 bits per heavy atom. The summed E-state index contributed by atoms with van der Waals surface area (Å²) in [6, 6.07) is 2.14. The molecule has 0 bridgehead atoms. The Labute approximate surface area is 126 Å². The van der Waals surface area contributed by atoms with Crippen molar-refractivity contribution < 1.29 is 22.4 Å². The summed E-state index contributed by atoms with van der Waals surface area (Å²) in [5, 5.41) is 2.16. The van der Waals surface area contributed by atoms with E-state index in [4.69, 9.17) is 0 Å². The highest BCUT2D eigenvalue weighted by molar-refractivity contribution is 8.39. The molecule has 0 saturated carbocycles. The van der Waals surface area contributed by atoms with E-state index in [9.17, 15) is 22.4 Å². The zero-order valence-electron chi connectivity index (χ0n) is 10.5. The Balaban J connectivity index is 2.03. The molecule has 3 nitrogen and oxygen atoms in total. The van der Waals surface area contributed by atoms with Gasteiger partial charge in [0.15, 0.2) is 0 Å².